The second-order valence-electron chi connectivity index (χ2n) is 4.97. The first-order valence-electron chi connectivity index (χ1n) is 6.30. The molecule has 18 heavy (non-hydrogen) atoms. The second kappa shape index (κ2) is 4.14. The van der Waals surface area contributed by atoms with Crippen molar-refractivity contribution in [3.05, 3.63) is 58.7 Å². The van der Waals surface area contributed by atoms with Gasteiger partial charge in [0.2, 0.25) is 0 Å². The number of hydrogen-bond acceptors (Lipinski definition) is 2. The average Bonchev–Trinajstić information content (AvgIpc) is 2.50. The summed E-state index contributed by atoms with van der Waals surface area (Å²) in [5, 5.41) is 13.8. The Bertz CT molecular complexity index is 604. The van der Waals surface area contributed by atoms with E-state index in [2.05, 4.69) is 37.4 Å². The van der Waals surface area contributed by atoms with Crippen LogP contribution in [0.4, 0.5) is 11.4 Å². The quantitative estimate of drug-likeness (QED) is 0.735. The zero-order valence-corrected chi connectivity index (χ0v) is 10.7. The van der Waals surface area contributed by atoms with E-state index in [1.54, 1.807) is 0 Å². The van der Waals surface area contributed by atoms with Crippen LogP contribution in [0.2, 0.25) is 0 Å². The lowest BCUT2D eigenvalue weighted by Crippen LogP contribution is -2.02. The highest BCUT2D eigenvalue weighted by atomic mass is 16.3. The van der Waals surface area contributed by atoms with E-state index in [4.69, 9.17) is 0 Å². The summed E-state index contributed by atoms with van der Waals surface area (Å²) in [5.41, 5.74) is 6.78. The van der Waals surface area contributed by atoms with Crippen molar-refractivity contribution in [2.24, 2.45) is 0 Å². The molecule has 1 heterocycles. The minimum atomic E-state index is -0.435. The fourth-order valence-electron chi connectivity index (χ4n) is 2.55. The molecule has 92 valence electrons. The summed E-state index contributed by atoms with van der Waals surface area (Å²) in [5.74, 6) is 0. The third-order valence-corrected chi connectivity index (χ3v) is 3.82. The van der Waals surface area contributed by atoms with Crippen molar-refractivity contribution in [1.29, 1.82) is 0 Å². The van der Waals surface area contributed by atoms with Crippen molar-refractivity contribution in [2.75, 3.05) is 5.32 Å². The second-order valence-corrected chi connectivity index (χ2v) is 4.97. The van der Waals surface area contributed by atoms with Gasteiger partial charge in [0.25, 0.3) is 0 Å². The fourth-order valence-corrected chi connectivity index (χ4v) is 2.55. The first-order valence-corrected chi connectivity index (χ1v) is 6.30. The number of aliphatic hydroxyl groups excluding tert-OH is 1. The first kappa shape index (κ1) is 11.3. The molecule has 0 amide bonds. The van der Waals surface area contributed by atoms with Crippen molar-refractivity contribution >= 4 is 11.4 Å². The van der Waals surface area contributed by atoms with E-state index >= 15 is 0 Å². The molecular formula is C16H17NO. The molecule has 2 heteroatoms. The van der Waals surface area contributed by atoms with E-state index in [0.717, 1.165) is 16.9 Å². The maximum Gasteiger partial charge on any atom is 0.0851 e. The van der Waals surface area contributed by atoms with Gasteiger partial charge in [-0.2, -0.15) is 0 Å². The molecule has 2 aromatic rings. The van der Waals surface area contributed by atoms with Crippen LogP contribution in [0, 0.1) is 13.8 Å². The van der Waals surface area contributed by atoms with Crippen LogP contribution in [-0.4, -0.2) is 5.11 Å². The Morgan fingerprint density at radius 2 is 1.89 bits per heavy atom. The highest BCUT2D eigenvalue weighted by Gasteiger charge is 2.21. The number of para-hydroxylation sites is 1. The standard InChI is InChI=1S/C16H17NO/c1-10-7-8-13-15(18)9-12-5-3-4-6-14(12)17-16(13)11(10)2/h3-8,15,17-18H,9H2,1-2H3. The smallest absolute Gasteiger partial charge is 0.0851 e. The summed E-state index contributed by atoms with van der Waals surface area (Å²) in [6.07, 6.45) is 0.231. The summed E-state index contributed by atoms with van der Waals surface area (Å²) < 4.78 is 0. The summed E-state index contributed by atoms with van der Waals surface area (Å²) in [6, 6.07) is 12.3. The van der Waals surface area contributed by atoms with Gasteiger partial charge in [-0.1, -0.05) is 30.3 Å². The maximum atomic E-state index is 10.4. The largest absolute Gasteiger partial charge is 0.388 e. The molecule has 3 rings (SSSR count). The number of rotatable bonds is 0. The van der Waals surface area contributed by atoms with Crippen molar-refractivity contribution in [2.45, 2.75) is 26.4 Å². The normalized spacial score (nSPS) is 17.4. The van der Waals surface area contributed by atoms with Gasteiger partial charge >= 0.3 is 0 Å². The monoisotopic (exact) mass is 239 g/mol. The molecule has 1 aliphatic heterocycles. The molecule has 0 bridgehead atoms. The van der Waals surface area contributed by atoms with Gasteiger partial charge in [-0.3, -0.25) is 0 Å². The van der Waals surface area contributed by atoms with Crippen LogP contribution >= 0.6 is 0 Å². The molecule has 0 aromatic heterocycles. The van der Waals surface area contributed by atoms with Gasteiger partial charge in [0.05, 0.1) is 6.10 Å². The van der Waals surface area contributed by atoms with Crippen molar-refractivity contribution in [1.82, 2.24) is 0 Å². The van der Waals surface area contributed by atoms with Gasteiger partial charge in [-0.15, -0.1) is 0 Å². The molecule has 1 aliphatic rings. The predicted octanol–water partition coefficient (Wildman–Crippen LogP) is 3.64. The number of aryl methyl sites for hydroxylation is 1. The Hall–Kier alpha value is -1.80. The van der Waals surface area contributed by atoms with Gasteiger partial charge in [-0.05, 0) is 36.6 Å². The lowest BCUT2D eigenvalue weighted by Gasteiger charge is -2.16. The van der Waals surface area contributed by atoms with Crippen LogP contribution in [0.1, 0.15) is 28.4 Å². The van der Waals surface area contributed by atoms with Crippen LogP contribution in [0.25, 0.3) is 0 Å². The summed E-state index contributed by atoms with van der Waals surface area (Å²) in [4.78, 5) is 0. The summed E-state index contributed by atoms with van der Waals surface area (Å²) >= 11 is 0. The van der Waals surface area contributed by atoms with E-state index in [0.29, 0.717) is 6.42 Å². The highest BCUT2D eigenvalue weighted by Crippen LogP contribution is 2.37. The minimum Gasteiger partial charge on any atom is -0.388 e. The Morgan fingerprint density at radius 3 is 2.72 bits per heavy atom. The van der Waals surface area contributed by atoms with E-state index in [9.17, 15) is 5.11 Å². The van der Waals surface area contributed by atoms with Crippen LogP contribution in [0.5, 0.6) is 0 Å². The van der Waals surface area contributed by atoms with E-state index < -0.39 is 6.10 Å². The minimum absolute atomic E-state index is 0.435. The number of fused-ring (bicyclic) bond motifs is 2. The van der Waals surface area contributed by atoms with Gasteiger partial charge in [0.1, 0.15) is 0 Å². The number of anilines is 2. The lowest BCUT2D eigenvalue weighted by atomic mass is 9.97. The van der Waals surface area contributed by atoms with Crippen LogP contribution in [-0.2, 0) is 6.42 Å². The zero-order chi connectivity index (χ0) is 12.7. The highest BCUT2D eigenvalue weighted by molar-refractivity contribution is 5.72. The molecule has 0 spiro atoms. The zero-order valence-electron chi connectivity index (χ0n) is 10.7. The van der Waals surface area contributed by atoms with Crippen LogP contribution in [0.15, 0.2) is 36.4 Å². The molecule has 0 fully saturated rings. The average molecular weight is 239 g/mol. The Kier molecular flexibility index (Phi) is 2.60. The number of nitrogens with one attached hydrogen (secondary N) is 1. The molecule has 0 aliphatic carbocycles. The third kappa shape index (κ3) is 1.70. The molecule has 1 atom stereocenters. The predicted molar refractivity (Wildman–Crippen MR) is 74.3 cm³/mol. The van der Waals surface area contributed by atoms with Gasteiger partial charge < -0.3 is 10.4 Å². The van der Waals surface area contributed by atoms with E-state index in [1.165, 1.54) is 16.7 Å². The molecule has 2 N–H and O–H groups in total. The van der Waals surface area contributed by atoms with Crippen LogP contribution < -0.4 is 5.32 Å². The Morgan fingerprint density at radius 1 is 1.11 bits per heavy atom. The molecule has 2 nitrogen and oxygen atoms in total. The topological polar surface area (TPSA) is 32.3 Å². The number of aliphatic hydroxyl groups is 1. The molecule has 2 aromatic carbocycles. The van der Waals surface area contributed by atoms with Gasteiger partial charge in [0, 0.05) is 23.4 Å². The molecule has 0 radical (unpaired) electrons. The molecule has 0 saturated carbocycles. The van der Waals surface area contributed by atoms with Gasteiger partial charge in [-0.25, -0.2) is 0 Å². The Labute approximate surface area is 107 Å². The van der Waals surface area contributed by atoms with E-state index in [-0.39, 0.29) is 0 Å². The summed E-state index contributed by atoms with van der Waals surface area (Å²) in [6.45, 7) is 4.20. The first-order chi connectivity index (χ1) is 8.66. The van der Waals surface area contributed by atoms with E-state index in [1.807, 2.05) is 18.2 Å². The molecular weight excluding hydrogens is 222 g/mol. The third-order valence-electron chi connectivity index (χ3n) is 3.82. The molecule has 0 saturated heterocycles. The van der Waals surface area contributed by atoms with Crippen molar-refractivity contribution in [3.8, 4) is 0 Å². The van der Waals surface area contributed by atoms with Gasteiger partial charge in [0.15, 0.2) is 0 Å². The lowest BCUT2D eigenvalue weighted by molar-refractivity contribution is 0.180. The summed E-state index contributed by atoms with van der Waals surface area (Å²) in [7, 11) is 0. The Balaban J connectivity index is 2.21. The van der Waals surface area contributed by atoms with Crippen molar-refractivity contribution in [3.63, 3.8) is 0 Å². The fraction of sp³-hybridized carbons (Fsp3) is 0.250. The number of benzene rings is 2. The maximum absolute atomic E-state index is 10.4. The number of hydrogen-bond donors (Lipinski definition) is 2. The SMILES string of the molecule is Cc1ccc2c(c1C)Nc1ccccc1CC2O. The molecule has 1 unspecified atom stereocenters. The van der Waals surface area contributed by atoms with Crippen LogP contribution in [0.3, 0.4) is 0 Å². The van der Waals surface area contributed by atoms with Crippen molar-refractivity contribution < 1.29 is 5.11 Å².